The summed E-state index contributed by atoms with van der Waals surface area (Å²) in [5.74, 6) is -1.04. The molecule has 0 radical (unpaired) electrons. The molecule has 1 aromatic carbocycles. The number of hydrogen-bond acceptors (Lipinski definition) is 4. The van der Waals surface area contributed by atoms with E-state index < -0.39 is 17.0 Å². The van der Waals surface area contributed by atoms with E-state index in [-0.39, 0.29) is 16.5 Å². The predicted molar refractivity (Wildman–Crippen MR) is 55.8 cm³/mol. The maximum absolute atomic E-state index is 10.5. The first-order chi connectivity index (χ1) is 7.41. The van der Waals surface area contributed by atoms with Gasteiger partial charge < -0.3 is 9.84 Å². The van der Waals surface area contributed by atoms with E-state index in [0.717, 1.165) is 6.07 Å². The molecule has 6 nitrogen and oxygen atoms in total. The highest BCUT2D eigenvalue weighted by molar-refractivity contribution is 6.32. The van der Waals surface area contributed by atoms with Crippen molar-refractivity contribution in [3.05, 3.63) is 33.3 Å². The van der Waals surface area contributed by atoms with Crippen LogP contribution in [0.1, 0.15) is 6.92 Å². The number of ether oxygens (including phenoxy) is 1. The number of halogens is 1. The van der Waals surface area contributed by atoms with E-state index >= 15 is 0 Å². The van der Waals surface area contributed by atoms with Gasteiger partial charge in [-0.2, -0.15) is 0 Å². The van der Waals surface area contributed by atoms with Crippen LogP contribution >= 0.6 is 11.6 Å². The van der Waals surface area contributed by atoms with Gasteiger partial charge in [-0.25, -0.2) is 4.79 Å². The normalized spacial score (nSPS) is 11.9. The second-order valence-electron chi connectivity index (χ2n) is 2.97. The molecule has 16 heavy (non-hydrogen) atoms. The number of carbonyl (C=O) groups is 1. The van der Waals surface area contributed by atoms with Crippen LogP contribution in [0, 0.1) is 10.1 Å². The number of rotatable bonds is 4. The van der Waals surface area contributed by atoms with E-state index in [0.29, 0.717) is 0 Å². The van der Waals surface area contributed by atoms with Crippen LogP contribution in [-0.4, -0.2) is 22.1 Å². The summed E-state index contributed by atoms with van der Waals surface area (Å²) in [6, 6.07) is 3.56. The van der Waals surface area contributed by atoms with E-state index in [1.165, 1.54) is 19.1 Å². The van der Waals surface area contributed by atoms with Gasteiger partial charge in [-0.15, -0.1) is 0 Å². The largest absolute Gasteiger partial charge is 0.479 e. The van der Waals surface area contributed by atoms with E-state index in [4.69, 9.17) is 21.4 Å². The first kappa shape index (κ1) is 12.3. The van der Waals surface area contributed by atoms with Crippen LogP contribution < -0.4 is 4.74 Å². The Labute approximate surface area is 95.6 Å². The molecule has 0 spiro atoms. The van der Waals surface area contributed by atoms with E-state index in [9.17, 15) is 14.9 Å². The van der Waals surface area contributed by atoms with Crippen molar-refractivity contribution in [3.8, 4) is 5.75 Å². The maximum atomic E-state index is 10.5. The van der Waals surface area contributed by atoms with Gasteiger partial charge in [-0.3, -0.25) is 10.1 Å². The van der Waals surface area contributed by atoms with Gasteiger partial charge in [0.05, 0.1) is 9.95 Å². The van der Waals surface area contributed by atoms with Crippen LogP contribution in [0.4, 0.5) is 5.69 Å². The molecule has 0 saturated heterocycles. The van der Waals surface area contributed by atoms with Crippen molar-refractivity contribution < 1.29 is 19.6 Å². The molecule has 0 fully saturated rings. The van der Waals surface area contributed by atoms with Gasteiger partial charge in [0.1, 0.15) is 5.75 Å². The zero-order valence-corrected chi connectivity index (χ0v) is 8.97. The Morgan fingerprint density at radius 1 is 1.62 bits per heavy atom. The molecule has 0 aliphatic rings. The number of nitro groups is 1. The Hall–Kier alpha value is -1.82. The average molecular weight is 246 g/mol. The van der Waals surface area contributed by atoms with Crippen LogP contribution in [0.3, 0.4) is 0 Å². The van der Waals surface area contributed by atoms with Crippen molar-refractivity contribution >= 4 is 23.3 Å². The monoisotopic (exact) mass is 245 g/mol. The van der Waals surface area contributed by atoms with Crippen molar-refractivity contribution in [2.75, 3.05) is 0 Å². The lowest BCUT2D eigenvalue weighted by Crippen LogP contribution is -2.22. The van der Waals surface area contributed by atoms with Crippen molar-refractivity contribution in [1.82, 2.24) is 0 Å². The quantitative estimate of drug-likeness (QED) is 0.648. The molecule has 0 unspecified atom stereocenters. The molecule has 1 aromatic rings. The Bertz CT molecular complexity index is 434. The molecule has 7 heteroatoms. The van der Waals surface area contributed by atoms with Gasteiger partial charge >= 0.3 is 5.97 Å². The van der Waals surface area contributed by atoms with Crippen LogP contribution in [-0.2, 0) is 4.79 Å². The molecule has 0 bridgehead atoms. The summed E-state index contributed by atoms with van der Waals surface area (Å²) in [5.41, 5.74) is -0.180. The SMILES string of the molecule is C[C@H](Oc1ccc([N+](=O)[O-])cc1Cl)C(=O)O. The lowest BCUT2D eigenvalue weighted by Gasteiger charge is -2.11. The van der Waals surface area contributed by atoms with E-state index in [1.807, 2.05) is 0 Å². The van der Waals surface area contributed by atoms with Gasteiger partial charge in [0.15, 0.2) is 6.10 Å². The van der Waals surface area contributed by atoms with Crippen LogP contribution in [0.2, 0.25) is 5.02 Å². The third kappa shape index (κ3) is 2.83. The van der Waals surface area contributed by atoms with E-state index in [2.05, 4.69) is 0 Å². The number of hydrogen-bond donors (Lipinski definition) is 1. The Morgan fingerprint density at radius 2 is 2.25 bits per heavy atom. The standard InChI is InChI=1S/C9H8ClNO5/c1-5(9(12)13)16-8-3-2-6(11(14)15)4-7(8)10/h2-5H,1H3,(H,12,13)/t5-/m0/s1. The Kier molecular flexibility index (Phi) is 3.68. The summed E-state index contributed by atoms with van der Waals surface area (Å²) >= 11 is 5.70. The predicted octanol–water partition coefficient (Wildman–Crippen LogP) is 2.10. The number of benzene rings is 1. The molecular formula is C9H8ClNO5. The second kappa shape index (κ2) is 4.80. The highest BCUT2D eigenvalue weighted by Gasteiger charge is 2.16. The molecule has 0 heterocycles. The minimum Gasteiger partial charge on any atom is -0.479 e. The molecule has 0 amide bonds. The summed E-state index contributed by atoms with van der Waals surface area (Å²) in [6.07, 6.45) is -1.07. The van der Waals surface area contributed by atoms with Crippen molar-refractivity contribution in [3.63, 3.8) is 0 Å². The van der Waals surface area contributed by atoms with Crippen molar-refractivity contribution in [1.29, 1.82) is 0 Å². The summed E-state index contributed by atoms with van der Waals surface area (Å²) in [4.78, 5) is 20.3. The summed E-state index contributed by atoms with van der Waals surface area (Å²) in [5, 5.41) is 19.0. The first-order valence-corrected chi connectivity index (χ1v) is 4.63. The Morgan fingerprint density at radius 3 is 2.69 bits per heavy atom. The highest BCUT2D eigenvalue weighted by atomic mass is 35.5. The molecule has 86 valence electrons. The zero-order chi connectivity index (χ0) is 12.3. The fourth-order valence-corrected chi connectivity index (χ4v) is 1.16. The summed E-state index contributed by atoms with van der Waals surface area (Å²) in [6.45, 7) is 1.33. The number of nitro benzene ring substituents is 1. The topological polar surface area (TPSA) is 89.7 Å². The molecule has 0 aliphatic heterocycles. The molecule has 0 saturated carbocycles. The van der Waals surface area contributed by atoms with Gasteiger partial charge in [-0.1, -0.05) is 11.6 Å². The molecule has 1 N–H and O–H groups in total. The molecular weight excluding hydrogens is 238 g/mol. The lowest BCUT2D eigenvalue weighted by atomic mass is 10.3. The van der Waals surface area contributed by atoms with E-state index in [1.54, 1.807) is 0 Å². The smallest absolute Gasteiger partial charge is 0.344 e. The number of carboxylic acid groups (broad SMARTS) is 1. The number of nitrogens with zero attached hydrogens (tertiary/aromatic N) is 1. The average Bonchev–Trinajstić information content (AvgIpc) is 2.20. The highest BCUT2D eigenvalue weighted by Crippen LogP contribution is 2.29. The fourth-order valence-electron chi connectivity index (χ4n) is 0.940. The second-order valence-corrected chi connectivity index (χ2v) is 3.38. The Balaban J connectivity index is 2.91. The zero-order valence-electron chi connectivity index (χ0n) is 8.21. The lowest BCUT2D eigenvalue weighted by molar-refractivity contribution is -0.384. The van der Waals surface area contributed by atoms with Crippen molar-refractivity contribution in [2.45, 2.75) is 13.0 Å². The molecule has 1 atom stereocenters. The summed E-state index contributed by atoms with van der Waals surface area (Å²) < 4.78 is 4.99. The first-order valence-electron chi connectivity index (χ1n) is 4.25. The van der Waals surface area contributed by atoms with Gasteiger partial charge in [0.25, 0.3) is 5.69 Å². The van der Waals surface area contributed by atoms with Crippen LogP contribution in [0.5, 0.6) is 5.75 Å². The van der Waals surface area contributed by atoms with Crippen LogP contribution in [0.15, 0.2) is 18.2 Å². The number of non-ortho nitro benzene ring substituents is 1. The fraction of sp³-hybridized carbons (Fsp3) is 0.222. The minimum atomic E-state index is -1.14. The third-order valence-corrected chi connectivity index (χ3v) is 2.07. The number of aliphatic carboxylic acids is 1. The van der Waals surface area contributed by atoms with Crippen molar-refractivity contribution in [2.24, 2.45) is 0 Å². The van der Waals surface area contributed by atoms with Gasteiger partial charge in [0.2, 0.25) is 0 Å². The maximum Gasteiger partial charge on any atom is 0.344 e. The van der Waals surface area contributed by atoms with Gasteiger partial charge in [0, 0.05) is 12.1 Å². The molecule has 1 rings (SSSR count). The molecule has 0 aliphatic carbocycles. The molecule has 0 aromatic heterocycles. The number of carboxylic acids is 1. The minimum absolute atomic E-state index is 0.00213. The summed E-state index contributed by atoms with van der Waals surface area (Å²) in [7, 11) is 0. The third-order valence-electron chi connectivity index (χ3n) is 1.78. The van der Waals surface area contributed by atoms with Gasteiger partial charge in [-0.05, 0) is 13.0 Å². The van der Waals surface area contributed by atoms with Crippen LogP contribution in [0.25, 0.3) is 0 Å².